The van der Waals surface area contributed by atoms with Crippen LogP contribution in [0.2, 0.25) is 0 Å². The fraction of sp³-hybridized carbons (Fsp3) is 0.571. The summed E-state index contributed by atoms with van der Waals surface area (Å²) in [6.45, 7) is 8.95. The van der Waals surface area contributed by atoms with Gasteiger partial charge in [-0.1, -0.05) is 52.0 Å². The van der Waals surface area contributed by atoms with Crippen LogP contribution in [0.25, 0.3) is 0 Å². The van der Waals surface area contributed by atoms with E-state index in [0.29, 0.717) is 16.8 Å². The lowest BCUT2D eigenvalue weighted by atomic mass is 9.77. The summed E-state index contributed by atoms with van der Waals surface area (Å²) in [5.41, 5.74) is 2.15. The molecule has 1 aromatic rings. The van der Waals surface area contributed by atoms with Gasteiger partial charge in [0.1, 0.15) is 0 Å². The molecule has 1 atom stereocenters. The molecular weight excluding hydrogens is 211 g/mol. The fourth-order valence-corrected chi connectivity index (χ4v) is 2.18. The van der Waals surface area contributed by atoms with Crippen molar-refractivity contribution < 1.29 is 10.0 Å². The van der Waals surface area contributed by atoms with E-state index >= 15 is 0 Å². The molecule has 0 bridgehead atoms. The van der Waals surface area contributed by atoms with E-state index in [1.54, 1.807) is 12.1 Å². The van der Waals surface area contributed by atoms with Crippen LogP contribution in [0.3, 0.4) is 0 Å². The molecule has 0 fully saturated rings. The highest BCUT2D eigenvalue weighted by molar-refractivity contribution is 6.58. The van der Waals surface area contributed by atoms with Gasteiger partial charge in [-0.25, -0.2) is 0 Å². The Hall–Kier alpha value is -0.795. The molecule has 0 saturated heterocycles. The predicted octanol–water partition coefficient (Wildman–Crippen LogP) is 2.30. The van der Waals surface area contributed by atoms with Gasteiger partial charge in [0.05, 0.1) is 0 Å². The van der Waals surface area contributed by atoms with E-state index in [0.717, 1.165) is 12.8 Å². The lowest BCUT2D eigenvalue weighted by Gasteiger charge is -2.25. The molecule has 1 unspecified atom stereocenters. The number of hydrogen-bond donors (Lipinski definition) is 2. The lowest BCUT2D eigenvalue weighted by molar-refractivity contribution is 0.335. The molecular formula is C14H23BO2. The Bertz CT molecular complexity index is 338. The van der Waals surface area contributed by atoms with E-state index < -0.39 is 7.12 Å². The largest absolute Gasteiger partial charge is 0.488 e. The van der Waals surface area contributed by atoms with Crippen molar-refractivity contribution in [2.45, 2.75) is 46.5 Å². The first-order valence-corrected chi connectivity index (χ1v) is 6.29. The molecule has 94 valence electrons. The summed E-state index contributed by atoms with van der Waals surface area (Å²) in [5.74, 6) is 0.542. The van der Waals surface area contributed by atoms with Gasteiger partial charge in [-0.15, -0.1) is 0 Å². The summed E-state index contributed by atoms with van der Waals surface area (Å²) in [6, 6.07) is 7.61. The zero-order chi connectivity index (χ0) is 13.1. The first-order chi connectivity index (χ1) is 7.83. The molecule has 0 amide bonds. The molecule has 0 aromatic heterocycles. The van der Waals surface area contributed by atoms with Crippen molar-refractivity contribution in [2.24, 2.45) is 5.41 Å². The summed E-state index contributed by atoms with van der Waals surface area (Å²) in [5, 5.41) is 18.1. The van der Waals surface area contributed by atoms with Crippen molar-refractivity contribution in [1.29, 1.82) is 0 Å². The first kappa shape index (κ1) is 14.3. The Morgan fingerprint density at radius 1 is 1.12 bits per heavy atom. The van der Waals surface area contributed by atoms with Crippen LogP contribution in [0.15, 0.2) is 24.3 Å². The summed E-state index contributed by atoms with van der Waals surface area (Å²) >= 11 is 0. The maximum Gasteiger partial charge on any atom is 0.488 e. The summed E-state index contributed by atoms with van der Waals surface area (Å²) < 4.78 is 0. The predicted molar refractivity (Wildman–Crippen MR) is 73.4 cm³/mol. The number of hydrogen-bond acceptors (Lipinski definition) is 2. The van der Waals surface area contributed by atoms with Crippen molar-refractivity contribution in [3.63, 3.8) is 0 Å². The summed E-state index contributed by atoms with van der Waals surface area (Å²) in [7, 11) is -1.37. The van der Waals surface area contributed by atoms with Crippen molar-refractivity contribution in [3.05, 3.63) is 29.8 Å². The molecule has 2 N–H and O–H groups in total. The molecule has 0 spiro atoms. The molecule has 3 heteroatoms. The Balaban J connectivity index is 2.82. The van der Waals surface area contributed by atoms with E-state index in [1.807, 2.05) is 12.1 Å². The molecule has 1 rings (SSSR count). The van der Waals surface area contributed by atoms with E-state index in [4.69, 9.17) is 10.0 Å². The van der Waals surface area contributed by atoms with Crippen molar-refractivity contribution >= 4 is 12.6 Å². The maximum absolute atomic E-state index is 9.05. The smallest absolute Gasteiger partial charge is 0.423 e. The van der Waals surface area contributed by atoms with Gasteiger partial charge in [-0.2, -0.15) is 0 Å². The third-order valence-corrected chi connectivity index (χ3v) is 3.06. The van der Waals surface area contributed by atoms with Crippen LogP contribution in [0.4, 0.5) is 0 Å². The summed E-state index contributed by atoms with van der Waals surface area (Å²) in [4.78, 5) is 0. The second kappa shape index (κ2) is 5.70. The average Bonchev–Trinajstić information content (AvgIpc) is 2.25. The second-order valence-electron chi connectivity index (χ2n) is 5.91. The molecule has 1 aromatic carbocycles. The monoisotopic (exact) mass is 234 g/mol. The number of benzene rings is 1. The van der Waals surface area contributed by atoms with Gasteiger partial charge in [0.2, 0.25) is 0 Å². The molecule has 0 saturated carbocycles. The fourth-order valence-electron chi connectivity index (χ4n) is 2.18. The minimum Gasteiger partial charge on any atom is -0.423 e. The molecule has 0 radical (unpaired) electrons. The van der Waals surface area contributed by atoms with Crippen LogP contribution >= 0.6 is 0 Å². The molecule has 0 aliphatic carbocycles. The highest BCUT2D eigenvalue weighted by atomic mass is 16.4. The standard InChI is InChI=1S/C14H23BO2/c1-5-11(10-14(2,3)4)12-6-8-13(9-7-12)15(16)17/h6-9,11,16-17H,5,10H2,1-4H3. The molecule has 0 heterocycles. The lowest BCUT2D eigenvalue weighted by Crippen LogP contribution is -2.29. The zero-order valence-electron chi connectivity index (χ0n) is 11.3. The quantitative estimate of drug-likeness (QED) is 0.785. The summed E-state index contributed by atoms with van der Waals surface area (Å²) in [6.07, 6.45) is 2.25. The Labute approximate surface area is 105 Å². The van der Waals surface area contributed by atoms with Crippen molar-refractivity contribution in [3.8, 4) is 0 Å². The normalized spacial score (nSPS) is 13.5. The molecule has 2 nitrogen and oxygen atoms in total. The van der Waals surface area contributed by atoms with Crippen LogP contribution in [0, 0.1) is 5.41 Å². The second-order valence-corrected chi connectivity index (χ2v) is 5.91. The van der Waals surface area contributed by atoms with Crippen LogP contribution in [-0.4, -0.2) is 17.2 Å². The van der Waals surface area contributed by atoms with Crippen molar-refractivity contribution in [2.75, 3.05) is 0 Å². The Morgan fingerprint density at radius 2 is 1.65 bits per heavy atom. The van der Waals surface area contributed by atoms with E-state index in [1.165, 1.54) is 5.56 Å². The molecule has 0 aliphatic rings. The van der Waals surface area contributed by atoms with E-state index in [2.05, 4.69) is 27.7 Å². The zero-order valence-corrected chi connectivity index (χ0v) is 11.3. The third-order valence-electron chi connectivity index (χ3n) is 3.06. The van der Waals surface area contributed by atoms with Crippen LogP contribution < -0.4 is 5.46 Å². The Kier molecular flexibility index (Phi) is 4.78. The van der Waals surface area contributed by atoms with Crippen LogP contribution in [0.5, 0.6) is 0 Å². The highest BCUT2D eigenvalue weighted by Crippen LogP contribution is 2.32. The van der Waals surface area contributed by atoms with Crippen molar-refractivity contribution in [1.82, 2.24) is 0 Å². The minimum atomic E-state index is -1.37. The van der Waals surface area contributed by atoms with Gasteiger partial charge in [-0.3, -0.25) is 0 Å². The van der Waals surface area contributed by atoms with Crippen LogP contribution in [0.1, 0.15) is 52.0 Å². The van der Waals surface area contributed by atoms with Gasteiger partial charge in [0.15, 0.2) is 0 Å². The highest BCUT2D eigenvalue weighted by Gasteiger charge is 2.19. The SMILES string of the molecule is CCC(CC(C)(C)C)c1ccc(B(O)O)cc1. The Morgan fingerprint density at radius 3 is 2.00 bits per heavy atom. The van der Waals surface area contributed by atoms with E-state index in [9.17, 15) is 0 Å². The van der Waals surface area contributed by atoms with Crippen LogP contribution in [-0.2, 0) is 0 Å². The first-order valence-electron chi connectivity index (χ1n) is 6.29. The van der Waals surface area contributed by atoms with E-state index in [-0.39, 0.29) is 0 Å². The minimum absolute atomic E-state index is 0.315. The molecule has 0 aliphatic heterocycles. The van der Waals surface area contributed by atoms with Gasteiger partial charge < -0.3 is 10.0 Å². The number of rotatable bonds is 4. The van der Waals surface area contributed by atoms with Gasteiger partial charge >= 0.3 is 7.12 Å². The molecule has 17 heavy (non-hydrogen) atoms. The van der Waals surface area contributed by atoms with Gasteiger partial charge in [0.25, 0.3) is 0 Å². The topological polar surface area (TPSA) is 40.5 Å². The average molecular weight is 234 g/mol. The third kappa shape index (κ3) is 4.53. The van der Waals surface area contributed by atoms with Gasteiger partial charge in [0, 0.05) is 0 Å². The maximum atomic E-state index is 9.05. The van der Waals surface area contributed by atoms with Gasteiger partial charge in [-0.05, 0) is 35.2 Å².